The summed E-state index contributed by atoms with van der Waals surface area (Å²) in [5.41, 5.74) is 0. The number of aliphatic hydroxyl groups is 2. The van der Waals surface area contributed by atoms with Gasteiger partial charge < -0.3 is 20.3 Å². The number of amides is 1. The standard InChI is InChI=1S/C79H151NO5/c1-3-5-7-9-11-13-15-17-19-20-41-45-49-53-57-61-65-69-73-79(84)85-74-70-66-62-58-54-50-46-42-39-37-35-33-31-29-27-25-23-21-22-24-26-28-30-32-34-36-38-40-44-48-52-56-60-64-68-72-78(83)80-76(75-81)77(82)71-67-63-59-55-51-47-43-18-16-14-12-10-8-6-4-2/h23,25,29,31,67,71,76-77,81-82H,3-22,24,26-28,30,32-66,68-70,72-75H2,1-2H3,(H,80,83)/b25-23-,31-29-,71-67+. The molecule has 85 heavy (non-hydrogen) atoms. The SMILES string of the molecule is CCCCCCCCCCCCCCC/C=C/C(O)C(CO)NC(=O)CCCCCCCCCCCCCCCCCCC/C=C\C/C=C\CCCCCCCCCCCCCOC(=O)CCCCCCCCCCCCCCCCCCCC. The Balaban J connectivity index is 3.36. The zero-order valence-corrected chi connectivity index (χ0v) is 57.6. The van der Waals surface area contributed by atoms with Crippen LogP contribution in [0.1, 0.15) is 431 Å². The van der Waals surface area contributed by atoms with Crippen LogP contribution in [-0.2, 0) is 14.3 Å². The van der Waals surface area contributed by atoms with Crippen LogP contribution in [0.3, 0.4) is 0 Å². The van der Waals surface area contributed by atoms with E-state index in [1.54, 1.807) is 6.08 Å². The minimum Gasteiger partial charge on any atom is -0.466 e. The average Bonchev–Trinajstić information content (AvgIpc) is 3.51. The molecule has 0 saturated heterocycles. The van der Waals surface area contributed by atoms with Gasteiger partial charge in [0.15, 0.2) is 0 Å². The number of hydrogen-bond donors (Lipinski definition) is 3. The molecule has 2 atom stereocenters. The second-order valence-corrected chi connectivity index (χ2v) is 26.7. The number of nitrogens with one attached hydrogen (secondary N) is 1. The van der Waals surface area contributed by atoms with Crippen molar-refractivity contribution in [3.8, 4) is 0 Å². The molecule has 0 fully saturated rings. The molecule has 0 saturated carbocycles. The van der Waals surface area contributed by atoms with Crippen LogP contribution in [-0.4, -0.2) is 47.4 Å². The highest BCUT2D eigenvalue weighted by Gasteiger charge is 2.18. The maximum absolute atomic E-state index is 12.5. The average molecular weight is 1200 g/mol. The summed E-state index contributed by atoms with van der Waals surface area (Å²) >= 11 is 0. The number of ether oxygens (including phenoxy) is 1. The normalized spacial score (nSPS) is 12.7. The molecule has 0 rings (SSSR count). The van der Waals surface area contributed by atoms with Crippen molar-refractivity contribution in [1.82, 2.24) is 5.32 Å². The molecule has 0 spiro atoms. The first kappa shape index (κ1) is 83.1. The van der Waals surface area contributed by atoms with E-state index in [0.717, 1.165) is 44.9 Å². The fraction of sp³-hybridized carbons (Fsp3) is 0.899. The molecule has 0 aliphatic rings. The summed E-state index contributed by atoms with van der Waals surface area (Å²) in [4.78, 5) is 24.6. The molecule has 2 unspecified atom stereocenters. The van der Waals surface area contributed by atoms with Crippen molar-refractivity contribution in [2.75, 3.05) is 13.2 Å². The summed E-state index contributed by atoms with van der Waals surface area (Å²) in [6.45, 7) is 4.95. The van der Waals surface area contributed by atoms with Gasteiger partial charge in [0.2, 0.25) is 5.91 Å². The molecule has 0 aromatic rings. The molecule has 0 aliphatic heterocycles. The molecule has 3 N–H and O–H groups in total. The van der Waals surface area contributed by atoms with Gasteiger partial charge in [0.25, 0.3) is 0 Å². The Bertz CT molecular complexity index is 1380. The first-order valence-electron chi connectivity index (χ1n) is 38.8. The van der Waals surface area contributed by atoms with Crippen LogP contribution in [0.4, 0.5) is 0 Å². The second-order valence-electron chi connectivity index (χ2n) is 26.7. The van der Waals surface area contributed by atoms with E-state index < -0.39 is 12.1 Å². The van der Waals surface area contributed by atoms with E-state index in [9.17, 15) is 19.8 Å². The monoisotopic (exact) mass is 1190 g/mol. The molecule has 502 valence electrons. The van der Waals surface area contributed by atoms with Crippen LogP contribution >= 0.6 is 0 Å². The lowest BCUT2D eigenvalue weighted by Gasteiger charge is -2.20. The van der Waals surface area contributed by atoms with Crippen molar-refractivity contribution in [2.45, 2.75) is 443 Å². The maximum atomic E-state index is 12.5. The van der Waals surface area contributed by atoms with E-state index in [4.69, 9.17) is 4.74 Å². The predicted molar refractivity (Wildman–Crippen MR) is 375 cm³/mol. The van der Waals surface area contributed by atoms with Crippen molar-refractivity contribution in [2.24, 2.45) is 0 Å². The van der Waals surface area contributed by atoms with E-state index in [0.29, 0.717) is 19.4 Å². The fourth-order valence-electron chi connectivity index (χ4n) is 12.3. The highest BCUT2D eigenvalue weighted by molar-refractivity contribution is 5.76. The summed E-state index contributed by atoms with van der Waals surface area (Å²) in [6, 6.07) is -0.626. The first-order valence-corrected chi connectivity index (χ1v) is 38.8. The summed E-state index contributed by atoms with van der Waals surface area (Å²) in [5, 5.41) is 23.2. The number of rotatable bonds is 73. The van der Waals surface area contributed by atoms with Crippen LogP contribution in [0.2, 0.25) is 0 Å². The lowest BCUT2D eigenvalue weighted by Crippen LogP contribution is -2.45. The first-order chi connectivity index (χ1) is 42.0. The summed E-state index contributed by atoms with van der Waals surface area (Å²) < 4.78 is 5.51. The molecule has 0 aromatic heterocycles. The third kappa shape index (κ3) is 71.0. The van der Waals surface area contributed by atoms with Crippen LogP contribution < -0.4 is 5.32 Å². The lowest BCUT2D eigenvalue weighted by molar-refractivity contribution is -0.143. The molecule has 6 nitrogen and oxygen atoms in total. The molecular formula is C79H151NO5. The highest BCUT2D eigenvalue weighted by Crippen LogP contribution is 2.19. The Morgan fingerprint density at radius 1 is 0.329 bits per heavy atom. The second kappa shape index (κ2) is 74.5. The molecule has 0 bridgehead atoms. The third-order valence-corrected chi connectivity index (χ3v) is 18.2. The van der Waals surface area contributed by atoms with Crippen LogP contribution in [0.15, 0.2) is 36.5 Å². The van der Waals surface area contributed by atoms with Gasteiger partial charge in [-0.15, -0.1) is 0 Å². The predicted octanol–water partition coefficient (Wildman–Crippen LogP) is 25.4. The van der Waals surface area contributed by atoms with Crippen molar-refractivity contribution in [3.63, 3.8) is 0 Å². The maximum Gasteiger partial charge on any atom is 0.305 e. The summed E-state index contributed by atoms with van der Waals surface area (Å²) in [5.74, 6) is -0.0415. The van der Waals surface area contributed by atoms with Gasteiger partial charge in [-0.25, -0.2) is 0 Å². The van der Waals surface area contributed by atoms with Crippen LogP contribution in [0.25, 0.3) is 0 Å². The molecule has 0 aliphatic carbocycles. The molecule has 0 radical (unpaired) electrons. The zero-order chi connectivity index (χ0) is 61.3. The summed E-state index contributed by atoms with van der Waals surface area (Å²) in [7, 11) is 0. The van der Waals surface area contributed by atoms with Gasteiger partial charge in [-0.2, -0.15) is 0 Å². The van der Waals surface area contributed by atoms with Gasteiger partial charge >= 0.3 is 5.97 Å². The summed E-state index contributed by atoms with van der Waals surface area (Å²) in [6.07, 6.45) is 96.9. The van der Waals surface area contributed by atoms with E-state index >= 15 is 0 Å². The number of carbonyl (C=O) groups excluding carboxylic acids is 2. The number of esters is 1. The molecule has 6 heteroatoms. The topological polar surface area (TPSA) is 95.9 Å². The van der Waals surface area contributed by atoms with E-state index in [1.807, 2.05) is 6.08 Å². The van der Waals surface area contributed by atoms with Gasteiger partial charge in [-0.1, -0.05) is 391 Å². The number of unbranched alkanes of at least 4 members (excludes halogenated alkanes) is 58. The minimum absolute atomic E-state index is 0.0216. The highest BCUT2D eigenvalue weighted by atomic mass is 16.5. The number of hydrogen-bond acceptors (Lipinski definition) is 5. The van der Waals surface area contributed by atoms with Gasteiger partial charge in [0.1, 0.15) is 0 Å². The third-order valence-electron chi connectivity index (χ3n) is 18.2. The van der Waals surface area contributed by atoms with Crippen LogP contribution in [0, 0.1) is 0 Å². The number of allylic oxidation sites excluding steroid dienone is 5. The van der Waals surface area contributed by atoms with E-state index in [2.05, 4.69) is 43.5 Å². The van der Waals surface area contributed by atoms with Gasteiger partial charge in [-0.05, 0) is 64.2 Å². The fourth-order valence-corrected chi connectivity index (χ4v) is 12.3. The largest absolute Gasteiger partial charge is 0.466 e. The van der Waals surface area contributed by atoms with Gasteiger partial charge in [-0.3, -0.25) is 9.59 Å². The van der Waals surface area contributed by atoms with Crippen molar-refractivity contribution in [1.29, 1.82) is 0 Å². The Morgan fingerprint density at radius 3 is 0.894 bits per heavy atom. The minimum atomic E-state index is -0.843. The Labute approximate surface area is 532 Å². The Morgan fingerprint density at radius 2 is 0.588 bits per heavy atom. The van der Waals surface area contributed by atoms with E-state index in [1.165, 1.54) is 360 Å². The number of aliphatic hydroxyl groups excluding tert-OH is 2. The molecule has 1 amide bonds. The number of carbonyl (C=O) groups is 2. The Kier molecular flexibility index (Phi) is 72.9. The van der Waals surface area contributed by atoms with Crippen molar-refractivity contribution in [3.05, 3.63) is 36.5 Å². The Hall–Kier alpha value is -1.92. The van der Waals surface area contributed by atoms with Crippen molar-refractivity contribution < 1.29 is 24.5 Å². The molecule has 0 aromatic carbocycles. The van der Waals surface area contributed by atoms with Crippen molar-refractivity contribution >= 4 is 11.9 Å². The lowest BCUT2D eigenvalue weighted by atomic mass is 10.0. The molecular weight excluding hydrogens is 1040 g/mol. The van der Waals surface area contributed by atoms with Crippen LogP contribution in [0.5, 0.6) is 0 Å². The quantitative estimate of drug-likeness (QED) is 0.0320. The zero-order valence-electron chi connectivity index (χ0n) is 57.6. The molecule has 0 heterocycles. The smallest absolute Gasteiger partial charge is 0.305 e. The van der Waals surface area contributed by atoms with Gasteiger partial charge in [0, 0.05) is 12.8 Å². The van der Waals surface area contributed by atoms with Gasteiger partial charge in [0.05, 0.1) is 25.4 Å². The van der Waals surface area contributed by atoms with E-state index in [-0.39, 0.29) is 18.5 Å².